The summed E-state index contributed by atoms with van der Waals surface area (Å²) in [4.78, 5) is 12.8. The van der Waals surface area contributed by atoms with Crippen LogP contribution in [0.3, 0.4) is 0 Å². The lowest BCUT2D eigenvalue weighted by Crippen LogP contribution is -2.07. The maximum absolute atomic E-state index is 4.57. The molecule has 2 aromatic heterocycles. The molecule has 0 saturated carbocycles. The molecule has 2 heterocycles. The van der Waals surface area contributed by atoms with Crippen molar-refractivity contribution in [2.45, 2.75) is 6.42 Å². The summed E-state index contributed by atoms with van der Waals surface area (Å²) in [7, 11) is 0. The third-order valence-electron chi connectivity index (χ3n) is 3.17. The number of rotatable bonds is 5. The molecule has 0 saturated heterocycles. The fraction of sp³-hybridized carbons (Fsp3) is 0.118. The Morgan fingerprint density at radius 3 is 2.48 bits per heavy atom. The minimum absolute atomic E-state index is 0.792. The predicted molar refractivity (Wildman–Crippen MR) is 83.9 cm³/mol. The van der Waals surface area contributed by atoms with Crippen LogP contribution in [-0.2, 0) is 6.42 Å². The summed E-state index contributed by atoms with van der Waals surface area (Å²) < 4.78 is 0. The largest absolute Gasteiger partial charge is 0.368 e. The number of pyridine rings is 1. The number of aromatic nitrogens is 3. The first-order valence-corrected chi connectivity index (χ1v) is 6.92. The molecule has 3 aromatic rings. The molecule has 0 atom stereocenters. The molecule has 3 rings (SSSR count). The normalized spacial score (nSPS) is 10.3. The Labute approximate surface area is 123 Å². The average Bonchev–Trinajstić information content (AvgIpc) is 2.57. The van der Waals surface area contributed by atoms with Crippen LogP contribution >= 0.6 is 0 Å². The topological polar surface area (TPSA) is 50.7 Å². The molecule has 4 heteroatoms. The van der Waals surface area contributed by atoms with Crippen molar-refractivity contribution in [1.29, 1.82) is 0 Å². The number of anilines is 1. The first-order chi connectivity index (χ1) is 10.4. The number of nitrogens with one attached hydrogen (secondary N) is 1. The maximum Gasteiger partial charge on any atom is 0.145 e. The lowest BCUT2D eigenvalue weighted by atomic mass is 10.1. The van der Waals surface area contributed by atoms with E-state index in [2.05, 4.69) is 44.5 Å². The van der Waals surface area contributed by atoms with Crippen LogP contribution in [0.1, 0.15) is 5.56 Å². The predicted octanol–water partition coefficient (Wildman–Crippen LogP) is 3.19. The van der Waals surface area contributed by atoms with Gasteiger partial charge in [0.25, 0.3) is 0 Å². The van der Waals surface area contributed by atoms with Gasteiger partial charge in [-0.25, -0.2) is 4.98 Å². The fourth-order valence-corrected chi connectivity index (χ4v) is 2.09. The molecule has 0 spiro atoms. The zero-order valence-corrected chi connectivity index (χ0v) is 11.6. The second-order valence-corrected chi connectivity index (χ2v) is 4.69. The van der Waals surface area contributed by atoms with E-state index in [-0.39, 0.29) is 0 Å². The molecule has 0 amide bonds. The van der Waals surface area contributed by atoms with Gasteiger partial charge in [0.15, 0.2) is 0 Å². The number of nitrogens with zero attached hydrogens (tertiary/aromatic N) is 3. The van der Waals surface area contributed by atoms with Crippen molar-refractivity contribution >= 4 is 5.82 Å². The van der Waals surface area contributed by atoms with E-state index in [0.29, 0.717) is 0 Å². The highest BCUT2D eigenvalue weighted by atomic mass is 15.0. The van der Waals surface area contributed by atoms with Crippen LogP contribution in [0.2, 0.25) is 0 Å². The Kier molecular flexibility index (Phi) is 4.17. The van der Waals surface area contributed by atoms with Crippen LogP contribution in [0.5, 0.6) is 0 Å². The lowest BCUT2D eigenvalue weighted by Gasteiger charge is -2.07. The van der Waals surface area contributed by atoms with E-state index in [1.54, 1.807) is 24.8 Å². The Balaban J connectivity index is 1.64. The molecule has 4 nitrogen and oxygen atoms in total. The van der Waals surface area contributed by atoms with Gasteiger partial charge >= 0.3 is 0 Å². The van der Waals surface area contributed by atoms with E-state index in [0.717, 1.165) is 30.0 Å². The van der Waals surface area contributed by atoms with Gasteiger partial charge in [0, 0.05) is 24.5 Å². The summed E-state index contributed by atoms with van der Waals surface area (Å²) in [6.07, 6.45) is 7.98. The van der Waals surface area contributed by atoms with Crippen LogP contribution in [0.15, 0.2) is 67.3 Å². The molecular weight excluding hydrogens is 260 g/mol. The number of benzene rings is 1. The van der Waals surface area contributed by atoms with Gasteiger partial charge < -0.3 is 5.32 Å². The molecule has 0 aliphatic rings. The summed E-state index contributed by atoms with van der Waals surface area (Å²) in [5.74, 6) is 0.792. The summed E-state index contributed by atoms with van der Waals surface area (Å²) in [6.45, 7) is 0.832. The van der Waals surface area contributed by atoms with Gasteiger partial charge in [-0.3, -0.25) is 9.97 Å². The molecular formula is C17H16N4. The molecule has 0 radical (unpaired) electrons. The van der Waals surface area contributed by atoms with E-state index >= 15 is 0 Å². The van der Waals surface area contributed by atoms with Crippen LogP contribution in [-0.4, -0.2) is 21.5 Å². The monoisotopic (exact) mass is 276 g/mol. The van der Waals surface area contributed by atoms with Gasteiger partial charge in [0.1, 0.15) is 5.82 Å². The second kappa shape index (κ2) is 6.61. The third-order valence-corrected chi connectivity index (χ3v) is 3.17. The van der Waals surface area contributed by atoms with Gasteiger partial charge in [-0.2, -0.15) is 0 Å². The highest BCUT2D eigenvalue weighted by Crippen LogP contribution is 2.16. The zero-order chi connectivity index (χ0) is 14.3. The van der Waals surface area contributed by atoms with Crippen molar-refractivity contribution in [3.05, 3.63) is 72.8 Å². The molecule has 1 N–H and O–H groups in total. The second-order valence-electron chi connectivity index (χ2n) is 4.69. The Morgan fingerprint density at radius 1 is 0.857 bits per heavy atom. The number of hydrogen-bond acceptors (Lipinski definition) is 4. The van der Waals surface area contributed by atoms with Crippen molar-refractivity contribution in [3.63, 3.8) is 0 Å². The molecule has 1 aromatic carbocycles. The molecule has 104 valence electrons. The van der Waals surface area contributed by atoms with E-state index in [9.17, 15) is 0 Å². The Hall–Kier alpha value is -2.75. The Bertz CT molecular complexity index is 683. The van der Waals surface area contributed by atoms with Gasteiger partial charge in [-0.05, 0) is 24.1 Å². The van der Waals surface area contributed by atoms with E-state index in [4.69, 9.17) is 0 Å². The minimum Gasteiger partial charge on any atom is -0.368 e. The van der Waals surface area contributed by atoms with Gasteiger partial charge in [0.05, 0.1) is 18.1 Å². The summed E-state index contributed by atoms with van der Waals surface area (Å²) in [6, 6.07) is 14.2. The lowest BCUT2D eigenvalue weighted by molar-refractivity contribution is 1.00. The van der Waals surface area contributed by atoms with Crippen LogP contribution in [0, 0.1) is 0 Å². The standard InChI is InChI=1S/C17H16N4/c1-2-4-14(5-3-1)6-11-20-17-13-19-12-16(21-17)15-7-9-18-10-8-15/h1-5,7-10,12-13H,6,11H2,(H,20,21). The molecule has 0 aliphatic heterocycles. The molecule has 0 bridgehead atoms. The van der Waals surface area contributed by atoms with Crippen molar-refractivity contribution in [2.75, 3.05) is 11.9 Å². The van der Waals surface area contributed by atoms with Crippen LogP contribution < -0.4 is 5.32 Å². The van der Waals surface area contributed by atoms with Gasteiger partial charge in [-0.15, -0.1) is 0 Å². The first-order valence-electron chi connectivity index (χ1n) is 6.92. The van der Waals surface area contributed by atoms with Gasteiger partial charge in [-0.1, -0.05) is 30.3 Å². The smallest absolute Gasteiger partial charge is 0.145 e. The molecule has 0 aliphatic carbocycles. The van der Waals surface area contributed by atoms with Crippen LogP contribution in [0.4, 0.5) is 5.82 Å². The highest BCUT2D eigenvalue weighted by Gasteiger charge is 2.01. The first kappa shape index (κ1) is 13.2. The summed E-state index contributed by atoms with van der Waals surface area (Å²) >= 11 is 0. The minimum atomic E-state index is 0.792. The summed E-state index contributed by atoms with van der Waals surface area (Å²) in [5.41, 5.74) is 3.18. The van der Waals surface area contributed by atoms with Crippen molar-refractivity contribution in [1.82, 2.24) is 15.0 Å². The van der Waals surface area contributed by atoms with Gasteiger partial charge in [0.2, 0.25) is 0 Å². The Morgan fingerprint density at radius 2 is 1.67 bits per heavy atom. The van der Waals surface area contributed by atoms with Crippen molar-refractivity contribution in [2.24, 2.45) is 0 Å². The SMILES string of the molecule is c1ccc(CCNc2cncc(-c3ccncc3)n2)cc1. The highest BCUT2D eigenvalue weighted by molar-refractivity contribution is 5.58. The molecule has 0 fully saturated rings. The zero-order valence-electron chi connectivity index (χ0n) is 11.6. The van der Waals surface area contributed by atoms with E-state index in [1.165, 1.54) is 5.56 Å². The quantitative estimate of drug-likeness (QED) is 0.777. The van der Waals surface area contributed by atoms with Crippen LogP contribution in [0.25, 0.3) is 11.3 Å². The summed E-state index contributed by atoms with van der Waals surface area (Å²) in [5, 5.41) is 3.31. The third kappa shape index (κ3) is 3.63. The van der Waals surface area contributed by atoms with E-state index < -0.39 is 0 Å². The molecule has 0 unspecified atom stereocenters. The maximum atomic E-state index is 4.57. The van der Waals surface area contributed by atoms with Crippen molar-refractivity contribution in [3.8, 4) is 11.3 Å². The van der Waals surface area contributed by atoms with E-state index in [1.807, 2.05) is 18.2 Å². The fourth-order valence-electron chi connectivity index (χ4n) is 2.09. The molecule has 21 heavy (non-hydrogen) atoms. The average molecular weight is 276 g/mol. The number of hydrogen-bond donors (Lipinski definition) is 1. The van der Waals surface area contributed by atoms with Crippen molar-refractivity contribution < 1.29 is 0 Å².